The van der Waals surface area contributed by atoms with E-state index < -0.39 is 10.0 Å². The highest BCUT2D eigenvalue weighted by molar-refractivity contribution is 7.92. The minimum absolute atomic E-state index is 0.161. The summed E-state index contributed by atoms with van der Waals surface area (Å²) in [5.41, 5.74) is 3.11. The van der Waals surface area contributed by atoms with Crippen molar-refractivity contribution >= 4 is 38.5 Å². The summed E-state index contributed by atoms with van der Waals surface area (Å²) in [6.45, 7) is 1.69. The van der Waals surface area contributed by atoms with Gasteiger partial charge < -0.3 is 9.40 Å². The standard InChI is InChI=1S/C20H17N3O3S/c1-14-19(10-11-26-14)23-27(24,25)17-8-6-16(7-9-17)21-12-15-13-22-20-5-3-2-4-18(15)20/h2-13,22-23H,1H3. The van der Waals surface area contributed by atoms with Crippen molar-refractivity contribution in [3.8, 4) is 0 Å². The monoisotopic (exact) mass is 379 g/mol. The lowest BCUT2D eigenvalue weighted by molar-refractivity contribution is 0.535. The zero-order valence-corrected chi connectivity index (χ0v) is 15.3. The maximum Gasteiger partial charge on any atom is 0.262 e. The van der Waals surface area contributed by atoms with Gasteiger partial charge in [-0.05, 0) is 37.3 Å². The van der Waals surface area contributed by atoms with Crippen LogP contribution in [0.4, 0.5) is 11.4 Å². The zero-order valence-electron chi connectivity index (χ0n) is 14.5. The molecular weight excluding hydrogens is 362 g/mol. The summed E-state index contributed by atoms with van der Waals surface area (Å²) in [5.74, 6) is 0.513. The molecule has 0 radical (unpaired) electrons. The number of nitrogens with zero attached hydrogens (tertiary/aromatic N) is 1. The summed E-state index contributed by atoms with van der Waals surface area (Å²) < 4.78 is 32.5. The predicted molar refractivity (Wildman–Crippen MR) is 106 cm³/mol. The Labute approximate surface area is 156 Å². The van der Waals surface area contributed by atoms with E-state index in [1.165, 1.54) is 18.4 Å². The van der Waals surface area contributed by atoms with Gasteiger partial charge in [0.15, 0.2) is 0 Å². The quantitative estimate of drug-likeness (QED) is 0.496. The molecule has 6 nitrogen and oxygen atoms in total. The van der Waals surface area contributed by atoms with Crippen LogP contribution in [0.3, 0.4) is 0 Å². The molecule has 2 aromatic carbocycles. The molecule has 0 saturated heterocycles. The van der Waals surface area contributed by atoms with Crippen LogP contribution in [0.1, 0.15) is 11.3 Å². The van der Waals surface area contributed by atoms with Gasteiger partial charge in [0.2, 0.25) is 0 Å². The maximum absolute atomic E-state index is 12.5. The number of aromatic nitrogens is 1. The molecule has 27 heavy (non-hydrogen) atoms. The molecule has 4 aromatic rings. The van der Waals surface area contributed by atoms with Crippen LogP contribution in [-0.4, -0.2) is 19.6 Å². The van der Waals surface area contributed by atoms with Crippen LogP contribution in [0, 0.1) is 6.92 Å². The largest absolute Gasteiger partial charge is 0.467 e. The number of nitrogens with one attached hydrogen (secondary N) is 2. The van der Waals surface area contributed by atoms with Crippen LogP contribution in [0.2, 0.25) is 0 Å². The number of hydrogen-bond donors (Lipinski definition) is 2. The third-order valence-electron chi connectivity index (χ3n) is 4.22. The number of H-pyrrole nitrogens is 1. The minimum Gasteiger partial charge on any atom is -0.467 e. The van der Waals surface area contributed by atoms with Crippen molar-refractivity contribution in [1.82, 2.24) is 4.98 Å². The molecule has 2 heterocycles. The van der Waals surface area contributed by atoms with E-state index in [1.807, 2.05) is 30.5 Å². The minimum atomic E-state index is -3.68. The molecule has 4 rings (SSSR count). The number of hydrogen-bond acceptors (Lipinski definition) is 4. The van der Waals surface area contributed by atoms with Gasteiger partial charge >= 0.3 is 0 Å². The van der Waals surface area contributed by atoms with Gasteiger partial charge in [-0.15, -0.1) is 0 Å². The van der Waals surface area contributed by atoms with Gasteiger partial charge in [-0.2, -0.15) is 0 Å². The van der Waals surface area contributed by atoms with Crippen molar-refractivity contribution in [3.63, 3.8) is 0 Å². The molecule has 2 N–H and O–H groups in total. The fourth-order valence-electron chi connectivity index (χ4n) is 2.75. The summed E-state index contributed by atoms with van der Waals surface area (Å²) in [6.07, 6.45) is 5.09. The van der Waals surface area contributed by atoms with E-state index >= 15 is 0 Å². The van der Waals surface area contributed by atoms with Crippen molar-refractivity contribution in [2.75, 3.05) is 4.72 Å². The number of aliphatic imine (C=N–C) groups is 1. The highest BCUT2D eigenvalue weighted by atomic mass is 32.2. The van der Waals surface area contributed by atoms with Gasteiger partial charge in [0.25, 0.3) is 10.0 Å². The fraction of sp³-hybridized carbons (Fsp3) is 0.0500. The Morgan fingerprint density at radius 3 is 2.59 bits per heavy atom. The Hall–Kier alpha value is -3.32. The number of rotatable bonds is 5. The number of aryl methyl sites for hydroxylation is 1. The first-order valence-corrected chi connectivity index (χ1v) is 9.78. The van der Waals surface area contributed by atoms with Crippen molar-refractivity contribution < 1.29 is 12.8 Å². The third kappa shape index (κ3) is 3.50. The lowest BCUT2D eigenvalue weighted by atomic mass is 10.2. The normalized spacial score (nSPS) is 12.0. The number of aromatic amines is 1. The Morgan fingerprint density at radius 2 is 1.85 bits per heavy atom. The first-order valence-electron chi connectivity index (χ1n) is 8.30. The first-order chi connectivity index (χ1) is 13.0. The SMILES string of the molecule is Cc1occc1NS(=O)(=O)c1ccc(N=Cc2c[nH]c3ccccc23)cc1. The van der Waals surface area contributed by atoms with E-state index in [0.717, 1.165) is 16.5 Å². The van der Waals surface area contributed by atoms with Crippen LogP contribution >= 0.6 is 0 Å². The van der Waals surface area contributed by atoms with Gasteiger partial charge in [-0.1, -0.05) is 18.2 Å². The second kappa shape index (κ2) is 6.77. The number of anilines is 1. The average Bonchev–Trinajstić information content (AvgIpc) is 3.26. The molecular formula is C20H17N3O3S. The number of benzene rings is 2. The maximum atomic E-state index is 12.5. The average molecular weight is 379 g/mol. The molecule has 0 bridgehead atoms. The van der Waals surface area contributed by atoms with E-state index in [1.54, 1.807) is 31.3 Å². The summed E-state index contributed by atoms with van der Waals surface area (Å²) in [4.78, 5) is 7.79. The highest BCUT2D eigenvalue weighted by Gasteiger charge is 2.16. The molecule has 0 aliphatic rings. The van der Waals surface area contributed by atoms with Crippen molar-refractivity contribution in [2.45, 2.75) is 11.8 Å². The van der Waals surface area contributed by atoms with E-state index in [-0.39, 0.29) is 4.90 Å². The summed E-state index contributed by atoms with van der Waals surface area (Å²) in [6, 6.07) is 15.9. The first kappa shape index (κ1) is 17.1. The molecule has 136 valence electrons. The molecule has 0 spiro atoms. The molecule has 7 heteroatoms. The van der Waals surface area contributed by atoms with Crippen LogP contribution in [-0.2, 0) is 10.0 Å². The highest BCUT2D eigenvalue weighted by Crippen LogP contribution is 2.23. The topological polar surface area (TPSA) is 87.5 Å². The Balaban J connectivity index is 1.54. The molecule has 0 aliphatic heterocycles. The fourth-order valence-corrected chi connectivity index (χ4v) is 3.86. The molecule has 2 aromatic heterocycles. The van der Waals surface area contributed by atoms with Crippen LogP contribution in [0.5, 0.6) is 0 Å². The number of para-hydroxylation sites is 1. The van der Waals surface area contributed by atoms with Gasteiger partial charge in [0.1, 0.15) is 5.76 Å². The molecule has 0 aliphatic carbocycles. The molecule has 0 saturated carbocycles. The van der Waals surface area contributed by atoms with Crippen molar-refractivity contribution in [3.05, 3.63) is 78.4 Å². The molecule has 0 atom stereocenters. The molecule has 0 fully saturated rings. The second-order valence-corrected chi connectivity index (χ2v) is 7.72. The lowest BCUT2D eigenvalue weighted by Gasteiger charge is -2.07. The molecule has 0 unspecified atom stereocenters. The lowest BCUT2D eigenvalue weighted by Crippen LogP contribution is -2.12. The predicted octanol–water partition coefficient (Wildman–Crippen LogP) is 4.62. The summed E-state index contributed by atoms with van der Waals surface area (Å²) >= 11 is 0. The van der Waals surface area contributed by atoms with Gasteiger partial charge in [-0.3, -0.25) is 9.71 Å². The van der Waals surface area contributed by atoms with Gasteiger partial charge in [0.05, 0.1) is 22.5 Å². The summed E-state index contributed by atoms with van der Waals surface area (Å²) in [7, 11) is -3.68. The Kier molecular flexibility index (Phi) is 4.29. The van der Waals surface area contributed by atoms with Crippen LogP contribution in [0.25, 0.3) is 10.9 Å². The Bertz CT molecular complexity index is 1220. The van der Waals surface area contributed by atoms with Gasteiger partial charge in [-0.25, -0.2) is 8.42 Å². The Morgan fingerprint density at radius 1 is 1.07 bits per heavy atom. The molecule has 0 amide bonds. The summed E-state index contributed by atoms with van der Waals surface area (Å²) in [5, 5.41) is 1.08. The van der Waals surface area contributed by atoms with Gasteiger partial charge in [0, 0.05) is 34.9 Å². The van der Waals surface area contributed by atoms with Crippen molar-refractivity contribution in [2.24, 2.45) is 4.99 Å². The van der Waals surface area contributed by atoms with E-state index in [0.29, 0.717) is 17.1 Å². The van der Waals surface area contributed by atoms with E-state index in [9.17, 15) is 8.42 Å². The van der Waals surface area contributed by atoms with E-state index in [2.05, 4.69) is 14.7 Å². The number of fused-ring (bicyclic) bond motifs is 1. The zero-order chi connectivity index (χ0) is 18.9. The number of sulfonamides is 1. The van der Waals surface area contributed by atoms with Crippen LogP contribution < -0.4 is 4.72 Å². The second-order valence-electron chi connectivity index (χ2n) is 6.04. The smallest absolute Gasteiger partial charge is 0.262 e. The van der Waals surface area contributed by atoms with Crippen molar-refractivity contribution in [1.29, 1.82) is 0 Å². The van der Waals surface area contributed by atoms with E-state index in [4.69, 9.17) is 4.42 Å². The van der Waals surface area contributed by atoms with Crippen LogP contribution in [0.15, 0.2) is 81.4 Å². The third-order valence-corrected chi connectivity index (χ3v) is 5.61. The number of furan rings is 1.